The van der Waals surface area contributed by atoms with Crippen LogP contribution in [-0.4, -0.2) is 26.2 Å². The Balaban J connectivity index is 3.34. The predicted molar refractivity (Wildman–Crippen MR) is 45.4 cm³/mol. The van der Waals surface area contributed by atoms with E-state index in [9.17, 15) is 5.11 Å². The first kappa shape index (κ1) is 9.18. The summed E-state index contributed by atoms with van der Waals surface area (Å²) in [5.74, 6) is -1.55. The molecule has 0 aliphatic rings. The lowest BCUT2D eigenvalue weighted by Crippen LogP contribution is -1.94. The number of oxime groups is 1. The molecule has 4 N–H and O–H groups in total. The van der Waals surface area contributed by atoms with Gasteiger partial charge in [-0.2, -0.15) is 0 Å². The third kappa shape index (κ3) is 1.48. The molecular formula is C8H9NO4. The SMILES string of the molecule is C/C(=N/O)c1ccc(O)c(O)c1O. The third-order valence-electron chi connectivity index (χ3n) is 1.67. The van der Waals surface area contributed by atoms with Crippen molar-refractivity contribution in [1.82, 2.24) is 0 Å². The second-order valence-corrected chi connectivity index (χ2v) is 2.51. The zero-order valence-electron chi connectivity index (χ0n) is 6.89. The van der Waals surface area contributed by atoms with Crippen molar-refractivity contribution in [3.05, 3.63) is 17.7 Å². The van der Waals surface area contributed by atoms with Gasteiger partial charge in [-0.3, -0.25) is 0 Å². The number of hydrogen-bond acceptors (Lipinski definition) is 5. The second kappa shape index (κ2) is 3.22. The maximum atomic E-state index is 9.28. The number of nitrogens with zero attached hydrogens (tertiary/aromatic N) is 1. The molecule has 0 aliphatic carbocycles. The molecule has 0 amide bonds. The van der Waals surface area contributed by atoms with Gasteiger partial charge in [0.1, 0.15) is 0 Å². The quantitative estimate of drug-likeness (QED) is 0.226. The molecule has 0 saturated heterocycles. The summed E-state index contributed by atoms with van der Waals surface area (Å²) in [6.07, 6.45) is 0. The molecule has 1 aromatic carbocycles. The van der Waals surface area contributed by atoms with Gasteiger partial charge in [0, 0.05) is 5.56 Å². The van der Waals surface area contributed by atoms with Crippen LogP contribution in [0.15, 0.2) is 17.3 Å². The Bertz CT molecular complexity index is 359. The van der Waals surface area contributed by atoms with E-state index in [1.165, 1.54) is 19.1 Å². The second-order valence-electron chi connectivity index (χ2n) is 2.51. The normalized spacial score (nSPS) is 11.6. The Morgan fingerprint density at radius 3 is 2.31 bits per heavy atom. The molecular weight excluding hydrogens is 174 g/mol. The summed E-state index contributed by atoms with van der Waals surface area (Å²) < 4.78 is 0. The predicted octanol–water partition coefficient (Wildman–Crippen LogP) is 1.00. The highest BCUT2D eigenvalue weighted by Crippen LogP contribution is 2.37. The van der Waals surface area contributed by atoms with Crippen LogP contribution in [0.3, 0.4) is 0 Å². The lowest BCUT2D eigenvalue weighted by atomic mass is 10.1. The standard InChI is InChI=1S/C8H9NO4/c1-4(9-13)5-2-3-6(10)8(12)7(5)11/h2-3,10-13H,1H3/b9-4-. The van der Waals surface area contributed by atoms with Gasteiger partial charge < -0.3 is 20.5 Å². The van der Waals surface area contributed by atoms with E-state index in [4.69, 9.17) is 15.4 Å². The molecule has 0 fully saturated rings. The van der Waals surface area contributed by atoms with Gasteiger partial charge in [0.25, 0.3) is 0 Å². The first-order chi connectivity index (χ1) is 6.07. The van der Waals surface area contributed by atoms with Crippen LogP contribution in [0.25, 0.3) is 0 Å². The fourth-order valence-electron chi connectivity index (χ4n) is 0.915. The van der Waals surface area contributed by atoms with Crippen LogP contribution in [-0.2, 0) is 0 Å². The van der Waals surface area contributed by atoms with Crippen molar-refractivity contribution in [2.24, 2.45) is 5.16 Å². The Morgan fingerprint density at radius 1 is 1.15 bits per heavy atom. The molecule has 70 valence electrons. The van der Waals surface area contributed by atoms with Crippen molar-refractivity contribution >= 4 is 5.71 Å². The molecule has 13 heavy (non-hydrogen) atoms. The Morgan fingerprint density at radius 2 is 1.77 bits per heavy atom. The highest BCUT2D eigenvalue weighted by Gasteiger charge is 2.12. The zero-order chi connectivity index (χ0) is 10.0. The van der Waals surface area contributed by atoms with E-state index in [1.807, 2.05) is 0 Å². The summed E-state index contributed by atoms with van der Waals surface area (Å²) in [4.78, 5) is 0. The summed E-state index contributed by atoms with van der Waals surface area (Å²) in [5.41, 5.74) is 0.311. The van der Waals surface area contributed by atoms with Crippen molar-refractivity contribution in [1.29, 1.82) is 0 Å². The van der Waals surface area contributed by atoms with Crippen LogP contribution >= 0.6 is 0 Å². The van der Waals surface area contributed by atoms with Crippen molar-refractivity contribution in [3.8, 4) is 17.2 Å². The van der Waals surface area contributed by atoms with Crippen LogP contribution in [0.4, 0.5) is 0 Å². The fourth-order valence-corrected chi connectivity index (χ4v) is 0.915. The maximum absolute atomic E-state index is 9.28. The van der Waals surface area contributed by atoms with Crippen LogP contribution in [0, 0.1) is 0 Å². The van der Waals surface area contributed by atoms with Gasteiger partial charge in [0.05, 0.1) is 5.71 Å². The van der Waals surface area contributed by atoms with Crippen LogP contribution < -0.4 is 0 Å². The van der Waals surface area contributed by atoms with E-state index in [0.29, 0.717) is 0 Å². The summed E-state index contributed by atoms with van der Waals surface area (Å²) in [6.45, 7) is 1.45. The van der Waals surface area contributed by atoms with E-state index in [1.54, 1.807) is 0 Å². The highest BCUT2D eigenvalue weighted by molar-refractivity contribution is 6.01. The van der Waals surface area contributed by atoms with Gasteiger partial charge in [-0.1, -0.05) is 5.16 Å². The van der Waals surface area contributed by atoms with Gasteiger partial charge in [0.2, 0.25) is 5.75 Å². The highest BCUT2D eigenvalue weighted by atomic mass is 16.4. The average Bonchev–Trinajstić information content (AvgIpc) is 2.13. The third-order valence-corrected chi connectivity index (χ3v) is 1.67. The molecule has 1 rings (SSSR count). The van der Waals surface area contributed by atoms with Gasteiger partial charge in [-0.05, 0) is 19.1 Å². The Hall–Kier alpha value is -1.91. The molecule has 0 saturated carbocycles. The molecule has 1 aromatic rings. The number of phenols is 3. The topological polar surface area (TPSA) is 93.3 Å². The number of rotatable bonds is 1. The summed E-state index contributed by atoms with van der Waals surface area (Å²) in [6, 6.07) is 2.53. The van der Waals surface area contributed by atoms with E-state index in [-0.39, 0.29) is 11.3 Å². The minimum absolute atomic E-state index is 0.146. The molecule has 0 bridgehead atoms. The summed E-state index contributed by atoms with van der Waals surface area (Å²) in [5, 5.41) is 38.6. The van der Waals surface area contributed by atoms with Crippen molar-refractivity contribution in [2.45, 2.75) is 6.92 Å². The van der Waals surface area contributed by atoms with E-state index >= 15 is 0 Å². The Kier molecular flexibility index (Phi) is 2.27. The van der Waals surface area contributed by atoms with Crippen molar-refractivity contribution < 1.29 is 20.5 Å². The van der Waals surface area contributed by atoms with Crippen molar-refractivity contribution in [3.63, 3.8) is 0 Å². The van der Waals surface area contributed by atoms with Gasteiger partial charge >= 0.3 is 0 Å². The van der Waals surface area contributed by atoms with Gasteiger partial charge in [-0.25, -0.2) is 0 Å². The number of hydrogen-bond donors (Lipinski definition) is 4. The smallest absolute Gasteiger partial charge is 0.200 e. The zero-order valence-corrected chi connectivity index (χ0v) is 6.89. The van der Waals surface area contributed by atoms with Gasteiger partial charge in [0.15, 0.2) is 11.5 Å². The molecule has 0 unspecified atom stereocenters. The minimum Gasteiger partial charge on any atom is -0.504 e. The summed E-state index contributed by atoms with van der Waals surface area (Å²) in [7, 11) is 0. The fraction of sp³-hybridized carbons (Fsp3) is 0.125. The molecule has 0 aliphatic heterocycles. The average molecular weight is 183 g/mol. The molecule has 5 nitrogen and oxygen atoms in total. The first-order valence-corrected chi connectivity index (χ1v) is 3.51. The molecule has 0 heterocycles. The molecule has 0 radical (unpaired) electrons. The largest absolute Gasteiger partial charge is 0.504 e. The Labute approximate surface area is 74.2 Å². The van der Waals surface area contributed by atoms with Gasteiger partial charge in [-0.15, -0.1) is 0 Å². The summed E-state index contributed by atoms with van der Waals surface area (Å²) >= 11 is 0. The number of aromatic hydroxyl groups is 3. The van der Waals surface area contributed by atoms with Crippen LogP contribution in [0.2, 0.25) is 0 Å². The lowest BCUT2D eigenvalue weighted by molar-refractivity contribution is 0.318. The van der Waals surface area contributed by atoms with E-state index < -0.39 is 17.2 Å². The molecule has 0 aromatic heterocycles. The van der Waals surface area contributed by atoms with Crippen LogP contribution in [0.1, 0.15) is 12.5 Å². The van der Waals surface area contributed by atoms with Crippen LogP contribution in [0.5, 0.6) is 17.2 Å². The van der Waals surface area contributed by atoms with E-state index in [2.05, 4.69) is 5.16 Å². The monoisotopic (exact) mass is 183 g/mol. The lowest BCUT2D eigenvalue weighted by Gasteiger charge is -2.05. The molecule has 0 atom stereocenters. The first-order valence-electron chi connectivity index (χ1n) is 3.51. The number of phenolic OH excluding ortho intramolecular Hbond substituents is 3. The van der Waals surface area contributed by atoms with E-state index in [0.717, 1.165) is 0 Å². The minimum atomic E-state index is -0.625. The molecule has 5 heteroatoms. The molecule has 0 spiro atoms. The van der Waals surface area contributed by atoms with Crippen molar-refractivity contribution in [2.75, 3.05) is 0 Å². The number of benzene rings is 1. The maximum Gasteiger partial charge on any atom is 0.200 e.